The SMILES string of the molecule is CN(C)C(=S)OCc1cc(C(C)(C)C)c(O)c(C(C)(C)C)c1.NC(O)=S. The number of hydrogen-bond acceptors (Lipinski definition) is 4. The molecular weight excluding hydrogens is 368 g/mol. The zero-order chi connectivity index (χ0) is 20.9. The molecule has 0 spiro atoms. The molecule has 0 aliphatic rings. The zero-order valence-electron chi connectivity index (χ0n) is 17.0. The lowest BCUT2D eigenvalue weighted by Crippen LogP contribution is -2.23. The van der Waals surface area contributed by atoms with Crippen molar-refractivity contribution in [3.05, 3.63) is 28.8 Å². The Hall–Kier alpha value is -1.60. The maximum absolute atomic E-state index is 10.7. The third-order valence-corrected chi connectivity index (χ3v) is 4.00. The quantitative estimate of drug-likeness (QED) is 0.644. The topological polar surface area (TPSA) is 79.0 Å². The largest absolute Gasteiger partial charge is 0.507 e. The van der Waals surface area contributed by atoms with E-state index < -0.39 is 5.17 Å². The molecule has 4 N–H and O–H groups in total. The summed E-state index contributed by atoms with van der Waals surface area (Å²) in [5, 5.41) is 18.2. The predicted octanol–water partition coefficient (Wildman–Crippen LogP) is 4.14. The zero-order valence-corrected chi connectivity index (χ0v) is 18.6. The molecule has 1 aromatic rings. The smallest absolute Gasteiger partial charge is 0.259 e. The van der Waals surface area contributed by atoms with Gasteiger partial charge in [-0.25, -0.2) is 0 Å². The molecule has 0 fully saturated rings. The van der Waals surface area contributed by atoms with E-state index in [9.17, 15) is 5.11 Å². The van der Waals surface area contributed by atoms with E-state index in [4.69, 9.17) is 22.1 Å². The summed E-state index contributed by atoms with van der Waals surface area (Å²) in [6.45, 7) is 13.0. The van der Waals surface area contributed by atoms with E-state index in [0.29, 0.717) is 17.5 Å². The van der Waals surface area contributed by atoms with Crippen molar-refractivity contribution >= 4 is 34.8 Å². The van der Waals surface area contributed by atoms with Gasteiger partial charge in [-0.2, -0.15) is 0 Å². The minimum absolute atomic E-state index is 0.137. The van der Waals surface area contributed by atoms with Crippen LogP contribution in [0.2, 0.25) is 0 Å². The van der Waals surface area contributed by atoms with E-state index in [1.807, 2.05) is 26.2 Å². The number of nitrogens with two attached hydrogens (primary N) is 1. The summed E-state index contributed by atoms with van der Waals surface area (Å²) >= 11 is 9.04. The molecule has 0 amide bonds. The Kier molecular flexibility index (Phi) is 8.79. The Bertz CT molecular complexity index is 606. The Morgan fingerprint density at radius 2 is 1.38 bits per heavy atom. The first kappa shape index (κ1) is 24.4. The van der Waals surface area contributed by atoms with Gasteiger partial charge in [-0.05, 0) is 64.1 Å². The molecule has 0 saturated heterocycles. The molecule has 0 atom stereocenters. The first-order chi connectivity index (χ1) is 11.6. The van der Waals surface area contributed by atoms with Crippen LogP contribution in [0.25, 0.3) is 0 Å². The summed E-state index contributed by atoms with van der Waals surface area (Å²) in [6, 6.07) is 4.03. The highest BCUT2D eigenvalue weighted by Crippen LogP contribution is 2.39. The number of ether oxygens (including phenoxy) is 1. The number of aromatic hydroxyl groups is 1. The van der Waals surface area contributed by atoms with Crippen molar-refractivity contribution < 1.29 is 14.9 Å². The summed E-state index contributed by atoms with van der Waals surface area (Å²) in [6.07, 6.45) is 0. The highest BCUT2D eigenvalue weighted by molar-refractivity contribution is 7.80. The van der Waals surface area contributed by atoms with Gasteiger partial charge in [0.05, 0.1) is 0 Å². The molecule has 148 valence electrons. The maximum atomic E-state index is 10.7. The molecule has 0 saturated carbocycles. The van der Waals surface area contributed by atoms with Crippen LogP contribution in [-0.2, 0) is 22.2 Å². The molecule has 0 radical (unpaired) electrons. The first-order valence-corrected chi connectivity index (χ1v) is 9.08. The van der Waals surface area contributed by atoms with Crippen molar-refractivity contribution in [2.24, 2.45) is 5.73 Å². The second-order valence-electron chi connectivity index (χ2n) is 8.33. The predicted molar refractivity (Wildman–Crippen MR) is 116 cm³/mol. The fourth-order valence-electron chi connectivity index (χ4n) is 2.20. The standard InChI is InChI=1S/C18H29NO2S.CH3NOS/c1-17(2,3)13-9-12(11-21-16(22)19(7)8)10-14(15(13)20)18(4,5)6;2-1(3)4/h9-10,20H,11H2,1-8H3;(H3,2,3,4). The number of rotatable bonds is 2. The van der Waals surface area contributed by atoms with Gasteiger partial charge in [0.15, 0.2) is 0 Å². The van der Waals surface area contributed by atoms with Crippen molar-refractivity contribution in [2.45, 2.75) is 59.0 Å². The Balaban J connectivity index is 0.00000141. The average molecular weight is 401 g/mol. The molecule has 0 bridgehead atoms. The molecule has 0 aromatic heterocycles. The fraction of sp³-hybridized carbons (Fsp3) is 0.579. The Labute approximate surface area is 168 Å². The summed E-state index contributed by atoms with van der Waals surface area (Å²) < 4.78 is 5.64. The summed E-state index contributed by atoms with van der Waals surface area (Å²) in [4.78, 5) is 1.77. The molecule has 0 aliphatic carbocycles. The van der Waals surface area contributed by atoms with Crippen LogP contribution in [0.1, 0.15) is 58.2 Å². The minimum atomic E-state index is -0.500. The van der Waals surface area contributed by atoms with Crippen molar-refractivity contribution in [3.8, 4) is 5.75 Å². The van der Waals surface area contributed by atoms with E-state index >= 15 is 0 Å². The average Bonchev–Trinajstić information content (AvgIpc) is 2.42. The summed E-state index contributed by atoms with van der Waals surface area (Å²) in [5.74, 6) is 0.388. The van der Waals surface area contributed by atoms with Crippen molar-refractivity contribution in [2.75, 3.05) is 14.1 Å². The molecule has 0 aliphatic heterocycles. The highest BCUT2D eigenvalue weighted by Gasteiger charge is 2.26. The maximum Gasteiger partial charge on any atom is 0.259 e. The van der Waals surface area contributed by atoms with E-state index in [1.54, 1.807) is 4.90 Å². The van der Waals surface area contributed by atoms with Crippen LogP contribution in [0.4, 0.5) is 0 Å². The number of hydrogen-bond donors (Lipinski definition) is 3. The van der Waals surface area contributed by atoms with E-state index in [-0.39, 0.29) is 10.8 Å². The van der Waals surface area contributed by atoms with Crippen molar-refractivity contribution in [3.63, 3.8) is 0 Å². The number of benzene rings is 1. The van der Waals surface area contributed by atoms with E-state index in [1.165, 1.54) is 0 Å². The van der Waals surface area contributed by atoms with Crippen LogP contribution < -0.4 is 5.73 Å². The van der Waals surface area contributed by atoms with Gasteiger partial charge in [0, 0.05) is 14.1 Å². The second-order valence-corrected chi connectivity index (χ2v) is 9.09. The van der Waals surface area contributed by atoms with Gasteiger partial charge in [0.1, 0.15) is 12.4 Å². The van der Waals surface area contributed by atoms with Crippen molar-refractivity contribution in [1.29, 1.82) is 0 Å². The van der Waals surface area contributed by atoms with Gasteiger partial charge in [0.2, 0.25) is 0 Å². The lowest BCUT2D eigenvalue weighted by atomic mass is 9.78. The van der Waals surface area contributed by atoms with Crippen LogP contribution in [0.3, 0.4) is 0 Å². The van der Waals surface area contributed by atoms with Gasteiger partial charge in [-0.1, -0.05) is 41.5 Å². The normalized spacial score (nSPS) is 11.2. The number of aliphatic hydroxyl groups is 1. The van der Waals surface area contributed by atoms with Gasteiger partial charge in [-0.15, -0.1) is 0 Å². The molecule has 1 rings (SSSR count). The second kappa shape index (κ2) is 9.37. The molecule has 7 heteroatoms. The van der Waals surface area contributed by atoms with Gasteiger partial charge in [0.25, 0.3) is 10.3 Å². The van der Waals surface area contributed by atoms with E-state index in [0.717, 1.165) is 16.7 Å². The highest BCUT2D eigenvalue weighted by atomic mass is 32.1. The first-order valence-electron chi connectivity index (χ1n) is 8.26. The summed E-state index contributed by atoms with van der Waals surface area (Å²) in [7, 11) is 3.72. The van der Waals surface area contributed by atoms with Gasteiger partial charge in [-0.3, -0.25) is 0 Å². The Morgan fingerprint density at radius 1 is 1.04 bits per heavy atom. The number of nitrogens with zero attached hydrogens (tertiary/aromatic N) is 1. The number of phenols is 1. The molecule has 1 aromatic carbocycles. The third kappa shape index (κ3) is 8.19. The van der Waals surface area contributed by atoms with Crippen LogP contribution in [-0.4, -0.2) is 39.6 Å². The summed E-state index contributed by atoms with van der Waals surface area (Å²) in [5.41, 5.74) is 7.03. The minimum Gasteiger partial charge on any atom is -0.507 e. The lowest BCUT2D eigenvalue weighted by Gasteiger charge is -2.28. The number of thiocarbonyl (C=S) groups is 2. The van der Waals surface area contributed by atoms with Gasteiger partial charge >= 0.3 is 0 Å². The molecule has 0 heterocycles. The van der Waals surface area contributed by atoms with Gasteiger partial charge < -0.3 is 25.6 Å². The third-order valence-electron chi connectivity index (χ3n) is 3.51. The van der Waals surface area contributed by atoms with Crippen LogP contribution in [0, 0.1) is 0 Å². The lowest BCUT2D eigenvalue weighted by molar-refractivity contribution is 0.257. The monoisotopic (exact) mass is 400 g/mol. The van der Waals surface area contributed by atoms with E-state index in [2.05, 4.69) is 59.5 Å². The fourth-order valence-corrected chi connectivity index (χ4v) is 2.25. The molecule has 5 nitrogen and oxygen atoms in total. The molecule has 0 unspecified atom stereocenters. The molecular formula is C19H32N2O3S2. The van der Waals surface area contributed by atoms with Crippen LogP contribution in [0.15, 0.2) is 12.1 Å². The number of aliphatic hydroxyl groups excluding tert-OH is 1. The Morgan fingerprint density at radius 3 is 1.65 bits per heavy atom. The number of phenolic OH excluding ortho intramolecular Hbond substituents is 1. The van der Waals surface area contributed by atoms with Crippen LogP contribution in [0.5, 0.6) is 5.75 Å². The molecule has 26 heavy (non-hydrogen) atoms. The van der Waals surface area contributed by atoms with Crippen LogP contribution >= 0.6 is 24.4 Å². The van der Waals surface area contributed by atoms with Crippen molar-refractivity contribution in [1.82, 2.24) is 4.90 Å².